The Balaban J connectivity index is 1.02. The highest BCUT2D eigenvalue weighted by Gasteiger charge is 2.34. The number of aromatic nitrogens is 4. The monoisotopic (exact) mass is 1010 g/mol. The summed E-state index contributed by atoms with van der Waals surface area (Å²) in [5.74, 6) is -0.646. The van der Waals surface area contributed by atoms with E-state index in [4.69, 9.17) is 42.1 Å². The molecule has 4 heterocycles. The predicted molar refractivity (Wildman–Crippen MR) is 266 cm³/mol. The highest BCUT2D eigenvalue weighted by molar-refractivity contribution is 7.90. The zero-order chi connectivity index (χ0) is 48.3. The van der Waals surface area contributed by atoms with Crippen molar-refractivity contribution in [3.63, 3.8) is 0 Å². The lowest BCUT2D eigenvalue weighted by atomic mass is 9.72. The second kappa shape index (κ2) is 20.8. The smallest absolute Gasteiger partial charge is 0.268 e. The molecule has 2 saturated heterocycles. The number of pyridine rings is 1. The van der Waals surface area contributed by atoms with Gasteiger partial charge >= 0.3 is 0 Å². The lowest BCUT2D eigenvalue weighted by Gasteiger charge is -2.39. The van der Waals surface area contributed by atoms with E-state index in [2.05, 4.69) is 75.4 Å². The molecule has 0 bridgehead atoms. The number of amides is 1. The van der Waals surface area contributed by atoms with Crippen LogP contribution in [-0.2, 0) is 26.2 Å². The number of nitrogens with one attached hydrogen (secondary N) is 1. The maximum Gasteiger partial charge on any atom is 0.268 e. The van der Waals surface area contributed by atoms with Gasteiger partial charge in [-0.2, -0.15) is 0 Å². The minimum absolute atomic E-state index is 0.0411. The van der Waals surface area contributed by atoms with Crippen molar-refractivity contribution in [2.45, 2.75) is 88.9 Å². The number of hydrogen-bond acceptors (Lipinski definition) is 12. The van der Waals surface area contributed by atoms with Crippen molar-refractivity contribution in [3.8, 4) is 17.4 Å². The Hall–Kier alpha value is -4.62. The average Bonchev–Trinajstić information content (AvgIpc) is 3.72. The van der Waals surface area contributed by atoms with Crippen LogP contribution >= 0.6 is 23.2 Å². The largest absolute Gasteiger partial charge is 0.473 e. The van der Waals surface area contributed by atoms with Crippen molar-refractivity contribution in [2.75, 3.05) is 64.1 Å². The van der Waals surface area contributed by atoms with Gasteiger partial charge in [0, 0.05) is 90.2 Å². The number of nitrogens with zero attached hydrogens (tertiary/aromatic N) is 6. The third kappa shape index (κ3) is 12.4. The fourth-order valence-electron chi connectivity index (χ4n) is 8.65. The molecule has 1 amide bonds. The molecule has 2 aromatic heterocycles. The van der Waals surface area contributed by atoms with Crippen molar-refractivity contribution in [1.82, 2.24) is 29.6 Å². The van der Waals surface area contributed by atoms with Gasteiger partial charge in [0.2, 0.25) is 5.88 Å². The first-order chi connectivity index (χ1) is 32.3. The van der Waals surface area contributed by atoms with E-state index >= 15 is 4.39 Å². The molecule has 19 heteroatoms. The third-order valence-electron chi connectivity index (χ3n) is 12.9. The number of hydrogen-bond donors (Lipinski definition) is 1. The Kier molecular flexibility index (Phi) is 15.2. The number of allylic oxidation sites excluding steroid dienone is 1. The molecular formula is C49H60Cl2FN7O7SSi. The van der Waals surface area contributed by atoms with Gasteiger partial charge in [0.05, 0.1) is 17.3 Å². The molecule has 2 fully saturated rings. The maximum absolute atomic E-state index is 15.2. The quantitative estimate of drug-likeness (QED) is 0.0698. The Bertz CT molecular complexity index is 2760. The highest BCUT2D eigenvalue weighted by atomic mass is 35.5. The first-order valence-corrected chi connectivity index (χ1v) is 29.1. The number of sulfonamides is 1. The van der Waals surface area contributed by atoms with Crippen molar-refractivity contribution in [3.05, 3.63) is 99.7 Å². The van der Waals surface area contributed by atoms with Crippen LogP contribution in [0.15, 0.2) is 83.4 Å². The van der Waals surface area contributed by atoms with E-state index in [0.717, 1.165) is 67.9 Å². The number of piperazine rings is 1. The molecule has 0 saturated carbocycles. The molecular weight excluding hydrogens is 949 g/mol. The summed E-state index contributed by atoms with van der Waals surface area (Å²) in [4.78, 5) is 22.5. The molecule has 2 aliphatic heterocycles. The molecule has 14 nitrogen and oxygen atoms in total. The van der Waals surface area contributed by atoms with Gasteiger partial charge in [-0.3, -0.25) is 9.69 Å². The van der Waals surface area contributed by atoms with Crippen molar-refractivity contribution >= 4 is 69.5 Å². The topological polar surface area (TPSA) is 150 Å². The van der Waals surface area contributed by atoms with E-state index in [1.165, 1.54) is 16.7 Å². The number of anilines is 1. The summed E-state index contributed by atoms with van der Waals surface area (Å²) in [6.45, 7) is 16.5. The number of carbonyl (C=O) groups excluding carboxylic acids is 1. The molecule has 68 heavy (non-hydrogen) atoms. The van der Waals surface area contributed by atoms with E-state index in [1.54, 1.807) is 35.0 Å². The van der Waals surface area contributed by atoms with Crippen LogP contribution in [0, 0.1) is 5.41 Å². The Morgan fingerprint density at radius 2 is 1.71 bits per heavy atom. The van der Waals surface area contributed by atoms with Crippen molar-refractivity contribution in [2.24, 2.45) is 5.41 Å². The molecule has 0 radical (unpaired) electrons. The average molecular weight is 1010 g/mol. The lowest BCUT2D eigenvalue weighted by molar-refractivity contribution is -0.0331. The fraction of sp³-hybridized carbons (Fsp3) is 0.469. The molecule has 364 valence electrons. The number of carbonyl (C=O) groups is 1. The van der Waals surface area contributed by atoms with Gasteiger partial charge in [-0.15, -0.1) is 5.10 Å². The second-order valence-corrected chi connectivity index (χ2v) is 28.1. The Morgan fingerprint density at radius 1 is 0.956 bits per heavy atom. The molecule has 0 spiro atoms. The van der Waals surface area contributed by atoms with Crippen molar-refractivity contribution < 1.29 is 36.6 Å². The van der Waals surface area contributed by atoms with E-state index < -0.39 is 29.7 Å². The number of alkyl halides is 1. The zero-order valence-electron chi connectivity index (χ0n) is 39.3. The summed E-state index contributed by atoms with van der Waals surface area (Å²) >= 11 is 12.7. The number of ether oxygens (including phenoxy) is 4. The highest BCUT2D eigenvalue weighted by Crippen LogP contribution is 2.44. The molecule has 8 rings (SSSR count). The third-order valence-corrected chi connectivity index (χ3v) is 16.4. The number of benzene rings is 3. The SMILES string of the molecule is CC1(C)CCC(CN2CCN(c3ccc(C(=O)NS(=O)(=O)c4cnc(OCC5(F)CCOCC5)c(Cl)c4)c(Oc4cccc5c4nnn5COCC[Si](C)(C)C)c3)CC2)=C(c2ccc(Cl)cc2)C1. The summed E-state index contributed by atoms with van der Waals surface area (Å²) in [5, 5.41) is 9.32. The number of halogens is 3. The zero-order valence-corrected chi connectivity index (χ0v) is 42.7. The summed E-state index contributed by atoms with van der Waals surface area (Å²) in [7, 11) is -5.83. The maximum atomic E-state index is 15.2. The van der Waals surface area contributed by atoms with Crippen LogP contribution < -0.4 is 19.1 Å². The molecule has 1 N–H and O–H groups in total. The number of rotatable bonds is 17. The van der Waals surface area contributed by atoms with Crippen LogP contribution in [0.25, 0.3) is 16.6 Å². The van der Waals surface area contributed by atoms with Crippen LogP contribution in [0.1, 0.15) is 61.9 Å². The lowest BCUT2D eigenvalue weighted by Crippen LogP contribution is -2.47. The predicted octanol–water partition coefficient (Wildman–Crippen LogP) is 10.0. The van der Waals surface area contributed by atoms with Crippen LogP contribution in [0.5, 0.6) is 17.4 Å². The van der Waals surface area contributed by atoms with Gasteiger partial charge in [-0.1, -0.05) is 85.7 Å². The molecule has 0 atom stereocenters. The first-order valence-electron chi connectivity index (χ1n) is 23.1. The normalized spacial score (nSPS) is 17.9. The minimum atomic E-state index is -4.53. The fourth-order valence-corrected chi connectivity index (χ4v) is 10.8. The van der Waals surface area contributed by atoms with E-state index in [9.17, 15) is 13.2 Å². The first kappa shape index (κ1) is 49.8. The number of fused-ring (bicyclic) bond motifs is 1. The van der Waals surface area contributed by atoms with Crippen molar-refractivity contribution in [1.29, 1.82) is 0 Å². The molecule has 1 aliphatic carbocycles. The molecule has 5 aromatic rings. The van der Waals surface area contributed by atoms with E-state index in [1.807, 2.05) is 18.2 Å². The molecule has 3 aliphatic rings. The van der Waals surface area contributed by atoms with Gasteiger partial charge in [0.25, 0.3) is 15.9 Å². The Labute approximate surface area is 409 Å². The van der Waals surface area contributed by atoms with Gasteiger partial charge in [0.1, 0.15) is 34.7 Å². The van der Waals surface area contributed by atoms with E-state index in [-0.39, 0.29) is 71.9 Å². The Morgan fingerprint density at radius 3 is 2.43 bits per heavy atom. The summed E-state index contributed by atoms with van der Waals surface area (Å²) in [6, 6.07) is 20.8. The van der Waals surface area contributed by atoms with Gasteiger partial charge in [-0.05, 0) is 84.3 Å². The minimum Gasteiger partial charge on any atom is -0.473 e. The summed E-state index contributed by atoms with van der Waals surface area (Å²) in [5.41, 5.74) is 4.56. The molecule has 3 aromatic carbocycles. The van der Waals surface area contributed by atoms with Gasteiger partial charge in [0.15, 0.2) is 11.3 Å². The van der Waals surface area contributed by atoms with Gasteiger partial charge in [-0.25, -0.2) is 27.2 Å². The van der Waals surface area contributed by atoms with Crippen LogP contribution in [0.2, 0.25) is 35.7 Å². The second-order valence-electron chi connectivity index (χ2n) is 20.0. The molecule has 0 unspecified atom stereocenters. The summed E-state index contributed by atoms with van der Waals surface area (Å²) in [6.07, 6.45) is 4.49. The van der Waals surface area contributed by atoms with Crippen LogP contribution in [-0.4, -0.2) is 112 Å². The van der Waals surface area contributed by atoms with Crippen LogP contribution in [0.4, 0.5) is 10.1 Å². The summed E-state index contributed by atoms with van der Waals surface area (Å²) < 4.78 is 69.8. The van der Waals surface area contributed by atoms with Gasteiger partial charge < -0.3 is 23.8 Å². The standard InChI is InChI=1S/C49H60Cl2FN7O7SSi/c1-48(2)16-15-35(40(29-48)34-9-11-36(50)12-10-34)31-57-19-21-58(22-20-57)37-13-14-39(44(27-37)66-43-8-6-7-42-45(43)54-56-59(42)33-64-25-26-68(3,4)5)46(60)55-67(61,62)38-28-41(51)47(53-30-38)65-32-49(52)17-23-63-24-18-49/h6-14,27-28,30H,15-26,29,31-33H2,1-5H3,(H,55,60). The van der Waals surface area contributed by atoms with Crippen LogP contribution in [0.3, 0.4) is 0 Å². The van der Waals surface area contributed by atoms with E-state index in [0.29, 0.717) is 36.5 Å².